The topological polar surface area (TPSA) is 96.0 Å². The fourth-order valence-electron chi connectivity index (χ4n) is 4.89. The first kappa shape index (κ1) is 34.8. The lowest BCUT2D eigenvalue weighted by atomic mass is 10.0. The minimum absolute atomic E-state index is 0.0176. The van der Waals surface area contributed by atoms with Crippen LogP contribution in [0.2, 0.25) is 10.0 Å². The largest absolute Gasteiger partial charge is 0.497 e. The highest BCUT2D eigenvalue weighted by Gasteiger charge is 2.35. The second-order valence-corrected chi connectivity index (χ2v) is 13.3. The number of benzene rings is 4. The van der Waals surface area contributed by atoms with Crippen molar-refractivity contribution in [3.8, 4) is 5.75 Å². The number of anilines is 1. The van der Waals surface area contributed by atoms with Crippen molar-refractivity contribution in [2.75, 3.05) is 24.5 Å². The molecule has 0 heterocycles. The Bertz CT molecular complexity index is 1710. The van der Waals surface area contributed by atoms with E-state index in [1.807, 2.05) is 37.3 Å². The second-order valence-electron chi connectivity index (χ2n) is 10.6. The van der Waals surface area contributed by atoms with Crippen LogP contribution in [0.15, 0.2) is 108 Å². The van der Waals surface area contributed by atoms with E-state index < -0.39 is 28.5 Å². The first-order chi connectivity index (χ1) is 22.1. The van der Waals surface area contributed by atoms with E-state index in [0.29, 0.717) is 27.9 Å². The molecule has 0 aliphatic heterocycles. The number of nitrogens with zero attached hydrogens (tertiary/aromatic N) is 2. The minimum Gasteiger partial charge on any atom is -0.497 e. The van der Waals surface area contributed by atoms with Crippen molar-refractivity contribution in [1.82, 2.24) is 10.2 Å². The number of halogens is 2. The number of rotatable bonds is 15. The molecule has 2 amide bonds. The van der Waals surface area contributed by atoms with Crippen LogP contribution in [-0.2, 0) is 32.6 Å². The number of methoxy groups -OCH3 is 1. The summed E-state index contributed by atoms with van der Waals surface area (Å²) in [5.74, 6) is -0.414. The Labute approximate surface area is 280 Å². The average molecular weight is 683 g/mol. The molecule has 1 unspecified atom stereocenters. The third-order valence-corrected chi connectivity index (χ3v) is 9.80. The van der Waals surface area contributed by atoms with Gasteiger partial charge in [-0.2, -0.15) is 0 Å². The summed E-state index contributed by atoms with van der Waals surface area (Å²) in [5.41, 5.74) is 1.65. The van der Waals surface area contributed by atoms with Crippen LogP contribution in [0, 0.1) is 0 Å². The van der Waals surface area contributed by atoms with Gasteiger partial charge in [-0.25, -0.2) is 8.42 Å². The summed E-state index contributed by atoms with van der Waals surface area (Å²) in [6, 6.07) is 27.6. The van der Waals surface area contributed by atoms with Gasteiger partial charge in [0.1, 0.15) is 18.3 Å². The fraction of sp³-hybridized carbons (Fsp3) is 0.257. The van der Waals surface area contributed by atoms with Gasteiger partial charge in [0.2, 0.25) is 11.8 Å². The molecule has 4 aromatic carbocycles. The van der Waals surface area contributed by atoms with Crippen LogP contribution in [0.1, 0.15) is 30.9 Å². The van der Waals surface area contributed by atoms with Crippen molar-refractivity contribution in [2.45, 2.75) is 43.7 Å². The van der Waals surface area contributed by atoms with Gasteiger partial charge < -0.3 is 15.0 Å². The number of hydrogen-bond acceptors (Lipinski definition) is 5. The molecule has 242 valence electrons. The molecular weight excluding hydrogens is 645 g/mol. The summed E-state index contributed by atoms with van der Waals surface area (Å²) < 4.78 is 34.5. The van der Waals surface area contributed by atoms with Crippen LogP contribution in [-0.4, -0.2) is 51.4 Å². The maximum Gasteiger partial charge on any atom is 0.264 e. The number of carbonyl (C=O) groups is 2. The molecule has 1 atom stereocenters. The molecule has 4 aromatic rings. The third kappa shape index (κ3) is 9.02. The smallest absolute Gasteiger partial charge is 0.264 e. The SMILES string of the molecule is CCCCNC(=O)C(Cc1ccccc1)N(Cc1ccc(Cl)cc1Cl)C(=O)CN(c1ccc(OC)cc1)S(=O)(=O)c1ccccc1. The summed E-state index contributed by atoms with van der Waals surface area (Å²) >= 11 is 12.7. The van der Waals surface area contributed by atoms with Gasteiger partial charge >= 0.3 is 0 Å². The predicted molar refractivity (Wildman–Crippen MR) is 183 cm³/mol. The molecule has 0 fully saturated rings. The lowest BCUT2D eigenvalue weighted by Crippen LogP contribution is -2.53. The van der Waals surface area contributed by atoms with E-state index in [1.54, 1.807) is 60.7 Å². The van der Waals surface area contributed by atoms with Gasteiger partial charge in [-0.1, -0.05) is 91.1 Å². The Morgan fingerprint density at radius 1 is 0.891 bits per heavy atom. The molecular formula is C35H37Cl2N3O5S. The van der Waals surface area contributed by atoms with Crippen LogP contribution in [0.3, 0.4) is 0 Å². The number of carbonyl (C=O) groups excluding carboxylic acids is 2. The van der Waals surface area contributed by atoms with Crippen LogP contribution in [0.4, 0.5) is 5.69 Å². The zero-order valence-electron chi connectivity index (χ0n) is 25.7. The number of sulfonamides is 1. The Morgan fingerprint density at radius 3 is 2.15 bits per heavy atom. The molecule has 0 saturated carbocycles. The Hall–Kier alpha value is -4.05. The van der Waals surface area contributed by atoms with E-state index in [9.17, 15) is 18.0 Å². The third-order valence-electron chi connectivity index (χ3n) is 7.43. The second kappa shape index (κ2) is 16.5. The van der Waals surface area contributed by atoms with Gasteiger partial charge in [-0.15, -0.1) is 0 Å². The van der Waals surface area contributed by atoms with E-state index in [4.69, 9.17) is 27.9 Å². The molecule has 0 radical (unpaired) electrons. The maximum absolute atomic E-state index is 14.5. The summed E-state index contributed by atoms with van der Waals surface area (Å²) in [6.07, 6.45) is 1.84. The average Bonchev–Trinajstić information content (AvgIpc) is 3.07. The van der Waals surface area contributed by atoms with Crippen molar-refractivity contribution in [1.29, 1.82) is 0 Å². The zero-order valence-corrected chi connectivity index (χ0v) is 28.1. The highest BCUT2D eigenvalue weighted by Crippen LogP contribution is 2.28. The Balaban J connectivity index is 1.80. The van der Waals surface area contributed by atoms with Gasteiger partial charge in [0, 0.05) is 29.6 Å². The van der Waals surface area contributed by atoms with Crippen molar-refractivity contribution >= 4 is 50.7 Å². The van der Waals surface area contributed by atoms with E-state index in [0.717, 1.165) is 22.7 Å². The van der Waals surface area contributed by atoms with Gasteiger partial charge in [-0.3, -0.25) is 13.9 Å². The van der Waals surface area contributed by atoms with Crippen LogP contribution in [0.5, 0.6) is 5.75 Å². The standard InChI is InChI=1S/C35H37Cl2N3O5S/c1-3-4-21-38-35(42)33(22-26-11-7-5-8-12-26)39(24-27-15-16-28(36)23-32(27)37)34(41)25-40(29-17-19-30(45-2)20-18-29)46(43,44)31-13-9-6-10-14-31/h5-20,23,33H,3-4,21-22,24-25H2,1-2H3,(H,38,42). The van der Waals surface area contributed by atoms with Gasteiger partial charge in [-0.05, 0) is 66.1 Å². The van der Waals surface area contributed by atoms with Gasteiger partial charge in [0.05, 0.1) is 17.7 Å². The predicted octanol–water partition coefficient (Wildman–Crippen LogP) is 6.75. The van der Waals surface area contributed by atoms with E-state index in [-0.39, 0.29) is 29.5 Å². The molecule has 0 aliphatic rings. The lowest BCUT2D eigenvalue weighted by Gasteiger charge is -2.34. The molecule has 0 bridgehead atoms. The van der Waals surface area contributed by atoms with Gasteiger partial charge in [0.25, 0.3) is 10.0 Å². The number of ether oxygens (including phenoxy) is 1. The highest BCUT2D eigenvalue weighted by molar-refractivity contribution is 7.92. The summed E-state index contributed by atoms with van der Waals surface area (Å²) in [6.45, 7) is 1.81. The number of hydrogen-bond donors (Lipinski definition) is 1. The molecule has 0 aromatic heterocycles. The summed E-state index contributed by atoms with van der Waals surface area (Å²) in [5, 5.41) is 3.71. The molecule has 8 nitrogen and oxygen atoms in total. The van der Waals surface area contributed by atoms with Crippen molar-refractivity contribution in [2.24, 2.45) is 0 Å². The first-order valence-corrected chi connectivity index (χ1v) is 17.1. The first-order valence-electron chi connectivity index (χ1n) is 14.9. The fourth-order valence-corrected chi connectivity index (χ4v) is 6.79. The van der Waals surface area contributed by atoms with Crippen LogP contribution < -0.4 is 14.4 Å². The van der Waals surface area contributed by atoms with Gasteiger partial charge in [0.15, 0.2) is 0 Å². The Morgan fingerprint density at radius 2 is 1.54 bits per heavy atom. The molecule has 0 saturated heterocycles. The lowest BCUT2D eigenvalue weighted by molar-refractivity contribution is -0.140. The van der Waals surface area contributed by atoms with Crippen LogP contribution in [0.25, 0.3) is 0 Å². The Kier molecular flexibility index (Phi) is 12.5. The molecule has 0 aliphatic carbocycles. The monoisotopic (exact) mass is 681 g/mol. The number of amides is 2. The summed E-state index contributed by atoms with van der Waals surface area (Å²) in [7, 11) is -2.70. The van der Waals surface area contributed by atoms with Crippen molar-refractivity contribution in [3.63, 3.8) is 0 Å². The van der Waals surface area contributed by atoms with Crippen LogP contribution >= 0.6 is 23.2 Å². The zero-order chi connectivity index (χ0) is 33.1. The maximum atomic E-state index is 14.5. The van der Waals surface area contributed by atoms with E-state index >= 15 is 0 Å². The molecule has 11 heteroatoms. The van der Waals surface area contributed by atoms with Crippen molar-refractivity contribution in [3.05, 3.63) is 124 Å². The van der Waals surface area contributed by atoms with E-state index in [1.165, 1.54) is 24.1 Å². The highest BCUT2D eigenvalue weighted by atomic mass is 35.5. The van der Waals surface area contributed by atoms with Crippen molar-refractivity contribution < 1.29 is 22.7 Å². The normalized spacial score (nSPS) is 11.8. The molecule has 4 rings (SSSR count). The summed E-state index contributed by atoms with van der Waals surface area (Å²) in [4.78, 5) is 29.8. The molecule has 46 heavy (non-hydrogen) atoms. The molecule has 0 spiro atoms. The quantitative estimate of drug-likeness (QED) is 0.140. The van der Waals surface area contributed by atoms with E-state index in [2.05, 4.69) is 5.32 Å². The number of nitrogens with one attached hydrogen (secondary N) is 1. The minimum atomic E-state index is -4.21. The molecule has 1 N–H and O–H groups in total. The number of unbranched alkanes of at least 4 members (excludes halogenated alkanes) is 1.